The monoisotopic (exact) mass is 267 g/mol. The number of nitrogens with one attached hydrogen (secondary N) is 1. The van der Waals surface area contributed by atoms with Crippen LogP contribution in [0.15, 0.2) is 6.20 Å². The van der Waals surface area contributed by atoms with Crippen LogP contribution in [0.4, 0.5) is 0 Å². The van der Waals surface area contributed by atoms with Gasteiger partial charge in [-0.1, -0.05) is 0 Å². The molecule has 1 aliphatic rings. The van der Waals surface area contributed by atoms with Gasteiger partial charge in [0.25, 0.3) is 0 Å². The van der Waals surface area contributed by atoms with Gasteiger partial charge in [0, 0.05) is 43.7 Å². The molecule has 0 atom stereocenters. The summed E-state index contributed by atoms with van der Waals surface area (Å²) in [7, 11) is 0. The van der Waals surface area contributed by atoms with Crippen molar-refractivity contribution >= 4 is 17.2 Å². The van der Waals surface area contributed by atoms with E-state index in [1.165, 1.54) is 24.1 Å². The van der Waals surface area contributed by atoms with Crippen LogP contribution in [0.5, 0.6) is 0 Å². The van der Waals surface area contributed by atoms with Crippen LogP contribution in [0.1, 0.15) is 35.6 Å². The third-order valence-corrected chi connectivity index (χ3v) is 4.11. The summed E-state index contributed by atoms with van der Waals surface area (Å²) >= 11 is 1.71. The smallest absolute Gasteiger partial charge is 0.223 e. The van der Waals surface area contributed by atoms with E-state index in [2.05, 4.69) is 10.3 Å². The summed E-state index contributed by atoms with van der Waals surface area (Å²) < 4.78 is 0. The lowest BCUT2D eigenvalue weighted by atomic mass is 10.1. The van der Waals surface area contributed by atoms with Gasteiger partial charge in [-0.05, 0) is 26.2 Å². The number of aromatic nitrogens is 1. The van der Waals surface area contributed by atoms with E-state index in [0.29, 0.717) is 12.3 Å². The largest absolute Gasteiger partial charge is 0.343 e. The van der Waals surface area contributed by atoms with Crippen molar-refractivity contribution in [1.82, 2.24) is 15.2 Å². The highest BCUT2D eigenvalue weighted by molar-refractivity contribution is 7.11. The molecule has 1 aromatic heterocycles. The number of nitrogens with zero attached hydrogens (tertiary/aromatic N) is 2. The van der Waals surface area contributed by atoms with Gasteiger partial charge in [-0.25, -0.2) is 4.98 Å². The first kappa shape index (κ1) is 13.5. The number of rotatable bonds is 5. The Hall–Kier alpha value is -0.940. The molecule has 18 heavy (non-hydrogen) atoms. The number of hydrogen-bond donors (Lipinski definition) is 1. The minimum atomic E-state index is 0.294. The van der Waals surface area contributed by atoms with Crippen molar-refractivity contribution in [2.24, 2.45) is 0 Å². The summed E-state index contributed by atoms with van der Waals surface area (Å²) in [6.07, 6.45) is 6.11. The Kier molecular flexibility index (Phi) is 5.13. The van der Waals surface area contributed by atoms with E-state index in [1.807, 2.05) is 18.0 Å². The number of piperidine rings is 1. The van der Waals surface area contributed by atoms with Crippen molar-refractivity contribution in [1.29, 1.82) is 0 Å². The number of likely N-dealkylation sites (tertiary alicyclic amines) is 1. The fourth-order valence-corrected chi connectivity index (χ4v) is 2.96. The minimum absolute atomic E-state index is 0.294. The zero-order chi connectivity index (χ0) is 12.8. The Morgan fingerprint density at radius 3 is 2.89 bits per heavy atom. The molecule has 0 unspecified atom stereocenters. The van der Waals surface area contributed by atoms with Crippen LogP contribution >= 0.6 is 11.3 Å². The van der Waals surface area contributed by atoms with Crippen LogP contribution in [0.3, 0.4) is 0 Å². The van der Waals surface area contributed by atoms with Crippen molar-refractivity contribution in [3.63, 3.8) is 0 Å². The Morgan fingerprint density at radius 2 is 2.22 bits per heavy atom. The van der Waals surface area contributed by atoms with Gasteiger partial charge in [-0.15, -0.1) is 11.3 Å². The average molecular weight is 267 g/mol. The van der Waals surface area contributed by atoms with Gasteiger partial charge in [0.05, 0.1) is 5.01 Å². The predicted octanol–water partition coefficient (Wildman–Crippen LogP) is 1.94. The lowest BCUT2D eigenvalue weighted by Crippen LogP contribution is -2.37. The van der Waals surface area contributed by atoms with E-state index >= 15 is 0 Å². The Morgan fingerprint density at radius 1 is 1.44 bits per heavy atom. The number of aryl methyl sites for hydroxylation is 1. The van der Waals surface area contributed by atoms with Crippen LogP contribution in [-0.2, 0) is 11.3 Å². The van der Waals surface area contributed by atoms with Crippen LogP contribution in [-0.4, -0.2) is 35.4 Å². The normalized spacial score (nSPS) is 15.9. The number of amides is 1. The molecular formula is C13H21N3OS. The summed E-state index contributed by atoms with van der Waals surface area (Å²) in [6, 6.07) is 0. The quantitative estimate of drug-likeness (QED) is 0.829. The van der Waals surface area contributed by atoms with Gasteiger partial charge < -0.3 is 10.2 Å². The first-order valence-corrected chi connectivity index (χ1v) is 7.47. The standard InChI is InChI=1S/C13H21N3OS/c1-11-15-10-12(18-11)9-14-6-5-13(17)16-7-3-2-4-8-16/h10,14H,2-9H2,1H3. The molecule has 0 aliphatic carbocycles. The molecule has 0 bridgehead atoms. The maximum absolute atomic E-state index is 11.9. The molecule has 0 spiro atoms. The molecule has 1 aromatic rings. The van der Waals surface area contributed by atoms with Gasteiger partial charge in [0.1, 0.15) is 0 Å². The maximum Gasteiger partial charge on any atom is 0.223 e. The second-order valence-corrected chi connectivity index (χ2v) is 6.03. The summed E-state index contributed by atoms with van der Waals surface area (Å²) in [5, 5.41) is 4.40. The van der Waals surface area contributed by atoms with Gasteiger partial charge in [-0.3, -0.25) is 4.79 Å². The summed E-state index contributed by atoms with van der Waals surface area (Å²) in [6.45, 7) is 5.48. The van der Waals surface area contributed by atoms with Crippen LogP contribution in [0.25, 0.3) is 0 Å². The molecule has 1 fully saturated rings. The molecule has 4 nitrogen and oxygen atoms in total. The van der Waals surface area contributed by atoms with E-state index < -0.39 is 0 Å². The Bertz CT molecular complexity index is 385. The molecule has 0 radical (unpaired) electrons. The number of carbonyl (C=O) groups is 1. The summed E-state index contributed by atoms with van der Waals surface area (Å²) in [5.74, 6) is 0.294. The van der Waals surface area contributed by atoms with E-state index in [4.69, 9.17) is 0 Å². The molecule has 1 aliphatic heterocycles. The molecule has 0 saturated carbocycles. The van der Waals surface area contributed by atoms with Gasteiger partial charge in [0.15, 0.2) is 0 Å². The lowest BCUT2D eigenvalue weighted by Gasteiger charge is -2.26. The van der Waals surface area contributed by atoms with Crippen molar-refractivity contribution in [3.8, 4) is 0 Å². The molecule has 1 N–H and O–H groups in total. The number of hydrogen-bond acceptors (Lipinski definition) is 4. The highest BCUT2D eigenvalue weighted by atomic mass is 32.1. The molecule has 1 saturated heterocycles. The third kappa shape index (κ3) is 4.07. The van der Waals surface area contributed by atoms with Crippen LogP contribution < -0.4 is 5.32 Å². The Labute approximate surface area is 112 Å². The fourth-order valence-electron chi connectivity index (χ4n) is 2.20. The molecule has 2 heterocycles. The van der Waals surface area contributed by atoms with Crippen molar-refractivity contribution in [2.75, 3.05) is 19.6 Å². The van der Waals surface area contributed by atoms with Gasteiger partial charge in [0.2, 0.25) is 5.91 Å². The zero-order valence-corrected chi connectivity index (χ0v) is 11.8. The van der Waals surface area contributed by atoms with Crippen LogP contribution in [0, 0.1) is 6.92 Å². The highest BCUT2D eigenvalue weighted by Crippen LogP contribution is 2.11. The molecule has 2 rings (SSSR count). The summed E-state index contributed by atoms with van der Waals surface area (Å²) in [4.78, 5) is 19.3. The SMILES string of the molecule is Cc1ncc(CNCCC(=O)N2CCCCC2)s1. The molecule has 1 amide bonds. The van der Waals surface area contributed by atoms with Crippen molar-refractivity contribution in [3.05, 3.63) is 16.1 Å². The van der Waals surface area contributed by atoms with Gasteiger partial charge in [-0.2, -0.15) is 0 Å². The second kappa shape index (κ2) is 6.85. The predicted molar refractivity (Wildman–Crippen MR) is 73.6 cm³/mol. The van der Waals surface area contributed by atoms with E-state index in [-0.39, 0.29) is 0 Å². The number of carbonyl (C=O) groups excluding carboxylic acids is 1. The molecule has 100 valence electrons. The fraction of sp³-hybridized carbons (Fsp3) is 0.692. The van der Waals surface area contributed by atoms with Crippen molar-refractivity contribution in [2.45, 2.75) is 39.2 Å². The molecule has 5 heteroatoms. The topological polar surface area (TPSA) is 45.2 Å². The third-order valence-electron chi connectivity index (χ3n) is 3.19. The highest BCUT2D eigenvalue weighted by Gasteiger charge is 2.15. The second-order valence-electron chi connectivity index (χ2n) is 4.71. The molecular weight excluding hydrogens is 246 g/mol. The minimum Gasteiger partial charge on any atom is -0.343 e. The van der Waals surface area contributed by atoms with E-state index in [1.54, 1.807) is 11.3 Å². The first-order valence-electron chi connectivity index (χ1n) is 6.65. The number of thiazole rings is 1. The lowest BCUT2D eigenvalue weighted by molar-refractivity contribution is -0.131. The average Bonchev–Trinajstić information content (AvgIpc) is 2.81. The van der Waals surface area contributed by atoms with E-state index in [0.717, 1.165) is 31.2 Å². The van der Waals surface area contributed by atoms with Gasteiger partial charge >= 0.3 is 0 Å². The first-order chi connectivity index (χ1) is 8.75. The van der Waals surface area contributed by atoms with Crippen molar-refractivity contribution < 1.29 is 4.79 Å². The molecule has 0 aromatic carbocycles. The zero-order valence-electron chi connectivity index (χ0n) is 10.9. The summed E-state index contributed by atoms with van der Waals surface area (Å²) in [5.41, 5.74) is 0. The van der Waals surface area contributed by atoms with E-state index in [9.17, 15) is 4.79 Å². The van der Waals surface area contributed by atoms with Crippen LogP contribution in [0.2, 0.25) is 0 Å². The maximum atomic E-state index is 11.9. The Balaban J connectivity index is 1.61.